The highest BCUT2D eigenvalue weighted by Gasteiger charge is 2.06. The molecule has 4 nitrogen and oxygen atoms in total. The zero-order chi connectivity index (χ0) is 11.4. The van der Waals surface area contributed by atoms with Crippen molar-refractivity contribution in [2.45, 2.75) is 39.3 Å². The minimum Gasteiger partial charge on any atom is -0.307 e. The van der Waals surface area contributed by atoms with Crippen LogP contribution in [0.25, 0.3) is 5.65 Å². The Labute approximate surface area is 95.7 Å². The van der Waals surface area contributed by atoms with Crippen molar-refractivity contribution in [3.8, 4) is 0 Å². The first-order valence-electron chi connectivity index (χ1n) is 5.87. The van der Waals surface area contributed by atoms with Crippen molar-refractivity contribution in [3.05, 3.63) is 30.2 Å². The monoisotopic (exact) mass is 218 g/mol. The van der Waals surface area contributed by atoms with Gasteiger partial charge >= 0.3 is 0 Å². The molecule has 0 unspecified atom stereocenters. The van der Waals surface area contributed by atoms with E-state index in [1.54, 1.807) is 0 Å². The molecule has 2 heterocycles. The normalized spacial score (nSPS) is 11.4. The second-order valence-corrected chi connectivity index (χ2v) is 3.94. The van der Waals surface area contributed by atoms with Gasteiger partial charge in [-0.05, 0) is 25.0 Å². The Hall–Kier alpha value is -1.42. The molecule has 0 aliphatic rings. The second-order valence-electron chi connectivity index (χ2n) is 3.94. The topological polar surface area (TPSA) is 42.2 Å². The number of nitrogens with one attached hydrogen (secondary N) is 1. The Morgan fingerprint density at radius 3 is 2.81 bits per heavy atom. The van der Waals surface area contributed by atoms with Crippen LogP contribution < -0.4 is 5.32 Å². The summed E-state index contributed by atoms with van der Waals surface area (Å²) in [6.45, 7) is 5.17. The average molecular weight is 218 g/mol. The van der Waals surface area contributed by atoms with Gasteiger partial charge < -0.3 is 5.32 Å². The lowest BCUT2D eigenvalue weighted by molar-refractivity contribution is 0.475. The average Bonchev–Trinajstić information content (AvgIpc) is 2.74. The molecule has 2 aromatic heterocycles. The SMILES string of the molecule is CCC(CC)NCc1nnc2ccccn12. The molecule has 1 N–H and O–H groups in total. The Bertz CT molecular complexity index is 445. The predicted molar refractivity (Wildman–Crippen MR) is 64.2 cm³/mol. The van der Waals surface area contributed by atoms with Crippen molar-refractivity contribution in [2.75, 3.05) is 0 Å². The molecule has 0 radical (unpaired) electrons. The summed E-state index contributed by atoms with van der Waals surface area (Å²) in [6, 6.07) is 6.50. The van der Waals surface area contributed by atoms with E-state index >= 15 is 0 Å². The molecule has 0 aliphatic carbocycles. The fraction of sp³-hybridized carbons (Fsp3) is 0.500. The van der Waals surface area contributed by atoms with E-state index in [0.29, 0.717) is 6.04 Å². The third-order valence-electron chi connectivity index (χ3n) is 2.92. The highest BCUT2D eigenvalue weighted by molar-refractivity contribution is 5.36. The van der Waals surface area contributed by atoms with E-state index < -0.39 is 0 Å². The zero-order valence-electron chi connectivity index (χ0n) is 9.85. The van der Waals surface area contributed by atoms with Crippen LogP contribution in [0.3, 0.4) is 0 Å². The van der Waals surface area contributed by atoms with Gasteiger partial charge in [-0.2, -0.15) is 0 Å². The summed E-state index contributed by atoms with van der Waals surface area (Å²) in [7, 11) is 0. The first kappa shape index (κ1) is 11.1. The van der Waals surface area contributed by atoms with Crippen molar-refractivity contribution < 1.29 is 0 Å². The van der Waals surface area contributed by atoms with Crippen LogP contribution in [0.2, 0.25) is 0 Å². The highest BCUT2D eigenvalue weighted by atomic mass is 15.3. The molecule has 0 bridgehead atoms. The van der Waals surface area contributed by atoms with Crippen molar-refractivity contribution in [3.63, 3.8) is 0 Å². The molecule has 4 heteroatoms. The van der Waals surface area contributed by atoms with E-state index in [0.717, 1.165) is 30.9 Å². The summed E-state index contributed by atoms with van der Waals surface area (Å²) in [5, 5.41) is 11.8. The Morgan fingerprint density at radius 1 is 1.25 bits per heavy atom. The highest BCUT2D eigenvalue weighted by Crippen LogP contribution is 2.04. The van der Waals surface area contributed by atoms with Gasteiger partial charge in [0.1, 0.15) is 0 Å². The Balaban J connectivity index is 2.09. The van der Waals surface area contributed by atoms with Crippen LogP contribution in [0.15, 0.2) is 24.4 Å². The van der Waals surface area contributed by atoms with Crippen LogP contribution in [-0.4, -0.2) is 20.6 Å². The van der Waals surface area contributed by atoms with Crippen LogP contribution >= 0.6 is 0 Å². The molecular formula is C12H18N4. The second kappa shape index (κ2) is 5.07. The summed E-state index contributed by atoms with van der Waals surface area (Å²) >= 11 is 0. The molecule has 0 aliphatic heterocycles. The minimum atomic E-state index is 0.566. The van der Waals surface area contributed by atoms with Crippen LogP contribution in [0, 0.1) is 0 Å². The number of rotatable bonds is 5. The lowest BCUT2D eigenvalue weighted by Crippen LogP contribution is -2.27. The van der Waals surface area contributed by atoms with Gasteiger partial charge in [0, 0.05) is 12.2 Å². The number of hydrogen-bond acceptors (Lipinski definition) is 3. The van der Waals surface area contributed by atoms with Crippen LogP contribution in [0.1, 0.15) is 32.5 Å². The van der Waals surface area contributed by atoms with Crippen molar-refractivity contribution in [1.82, 2.24) is 19.9 Å². The quantitative estimate of drug-likeness (QED) is 0.834. The fourth-order valence-electron chi connectivity index (χ4n) is 1.82. The van der Waals surface area contributed by atoms with Crippen molar-refractivity contribution in [1.29, 1.82) is 0 Å². The number of pyridine rings is 1. The molecule has 0 spiro atoms. The summed E-state index contributed by atoms with van der Waals surface area (Å²) in [5.74, 6) is 0.975. The van der Waals surface area contributed by atoms with E-state index in [2.05, 4.69) is 29.4 Å². The lowest BCUT2D eigenvalue weighted by Gasteiger charge is -2.13. The van der Waals surface area contributed by atoms with E-state index in [-0.39, 0.29) is 0 Å². The van der Waals surface area contributed by atoms with E-state index in [9.17, 15) is 0 Å². The molecule has 16 heavy (non-hydrogen) atoms. The van der Waals surface area contributed by atoms with Crippen LogP contribution in [0.4, 0.5) is 0 Å². The van der Waals surface area contributed by atoms with E-state index in [1.807, 2.05) is 28.8 Å². The first-order chi connectivity index (χ1) is 7.85. The molecule has 0 atom stereocenters. The summed E-state index contributed by atoms with van der Waals surface area (Å²) in [5.41, 5.74) is 0.906. The molecule has 0 saturated heterocycles. The van der Waals surface area contributed by atoms with Gasteiger partial charge in [-0.1, -0.05) is 19.9 Å². The van der Waals surface area contributed by atoms with Gasteiger partial charge in [0.15, 0.2) is 11.5 Å². The van der Waals surface area contributed by atoms with Crippen LogP contribution in [-0.2, 0) is 6.54 Å². The lowest BCUT2D eigenvalue weighted by atomic mass is 10.2. The molecule has 0 fully saturated rings. The maximum Gasteiger partial charge on any atom is 0.160 e. The van der Waals surface area contributed by atoms with E-state index in [4.69, 9.17) is 0 Å². The molecule has 86 valence electrons. The standard InChI is InChI=1S/C12H18N4/c1-3-10(4-2)13-9-12-15-14-11-7-5-6-8-16(11)12/h5-8,10,13H,3-4,9H2,1-2H3. The maximum atomic E-state index is 4.19. The van der Waals surface area contributed by atoms with Crippen molar-refractivity contribution in [2.24, 2.45) is 0 Å². The molecular weight excluding hydrogens is 200 g/mol. The molecule has 0 saturated carbocycles. The smallest absolute Gasteiger partial charge is 0.160 e. The van der Waals surface area contributed by atoms with E-state index in [1.165, 1.54) is 0 Å². The minimum absolute atomic E-state index is 0.566. The molecule has 2 rings (SSSR count). The molecule has 2 aromatic rings. The summed E-state index contributed by atoms with van der Waals surface area (Å²) in [4.78, 5) is 0. The molecule has 0 aromatic carbocycles. The number of aromatic nitrogens is 3. The Morgan fingerprint density at radius 2 is 2.06 bits per heavy atom. The maximum absolute atomic E-state index is 4.19. The summed E-state index contributed by atoms with van der Waals surface area (Å²) < 4.78 is 2.02. The van der Waals surface area contributed by atoms with Gasteiger partial charge in [-0.15, -0.1) is 10.2 Å². The van der Waals surface area contributed by atoms with Crippen molar-refractivity contribution >= 4 is 5.65 Å². The number of nitrogens with zero attached hydrogens (tertiary/aromatic N) is 3. The van der Waals surface area contributed by atoms with Gasteiger partial charge in [0.05, 0.1) is 6.54 Å². The fourth-order valence-corrected chi connectivity index (χ4v) is 1.82. The predicted octanol–water partition coefficient (Wildman–Crippen LogP) is 2.01. The molecule has 0 amide bonds. The largest absolute Gasteiger partial charge is 0.307 e. The van der Waals surface area contributed by atoms with Gasteiger partial charge in [-0.25, -0.2) is 0 Å². The first-order valence-corrected chi connectivity index (χ1v) is 5.87. The van der Waals surface area contributed by atoms with Gasteiger partial charge in [0.25, 0.3) is 0 Å². The van der Waals surface area contributed by atoms with Gasteiger partial charge in [0.2, 0.25) is 0 Å². The zero-order valence-corrected chi connectivity index (χ0v) is 9.85. The Kier molecular flexibility index (Phi) is 3.51. The summed E-state index contributed by atoms with van der Waals surface area (Å²) in [6.07, 6.45) is 4.29. The van der Waals surface area contributed by atoms with Crippen LogP contribution in [0.5, 0.6) is 0 Å². The third kappa shape index (κ3) is 2.22. The third-order valence-corrected chi connectivity index (χ3v) is 2.92. The number of fused-ring (bicyclic) bond motifs is 1. The number of hydrogen-bond donors (Lipinski definition) is 1. The van der Waals surface area contributed by atoms with Gasteiger partial charge in [-0.3, -0.25) is 4.40 Å².